The van der Waals surface area contributed by atoms with Crippen LogP contribution in [0.25, 0.3) is 22.3 Å². The van der Waals surface area contributed by atoms with Crippen LogP contribution >= 0.6 is 0 Å². The average molecular weight is 415 g/mol. The molecule has 3 aromatic rings. The topological polar surface area (TPSA) is 61.1 Å². The van der Waals surface area contributed by atoms with Crippen molar-refractivity contribution >= 4 is 17.1 Å². The Balaban J connectivity index is 1.41. The first-order valence-corrected chi connectivity index (χ1v) is 10.7. The van der Waals surface area contributed by atoms with Gasteiger partial charge in [-0.2, -0.15) is 0 Å². The van der Waals surface area contributed by atoms with E-state index in [0.29, 0.717) is 12.2 Å². The van der Waals surface area contributed by atoms with Crippen LogP contribution in [0.3, 0.4) is 0 Å². The zero-order chi connectivity index (χ0) is 21.4. The molecule has 3 heterocycles. The molecular weight excluding hydrogens is 388 g/mol. The molecule has 1 amide bonds. The van der Waals surface area contributed by atoms with Crippen molar-refractivity contribution in [1.29, 1.82) is 0 Å². The maximum Gasteiger partial charge on any atom is 0.253 e. The number of aliphatic hydroxyl groups is 1. The molecule has 1 aromatic carbocycles. The monoisotopic (exact) mass is 414 g/mol. The molecule has 6 nitrogen and oxygen atoms in total. The van der Waals surface area contributed by atoms with Crippen molar-refractivity contribution in [2.24, 2.45) is 0 Å². The van der Waals surface area contributed by atoms with Gasteiger partial charge in [0.2, 0.25) is 0 Å². The van der Waals surface area contributed by atoms with E-state index in [1.807, 2.05) is 47.5 Å². The molecule has 6 heteroatoms. The third-order valence-corrected chi connectivity index (χ3v) is 6.22. The van der Waals surface area contributed by atoms with Crippen LogP contribution in [0.1, 0.15) is 28.9 Å². The lowest BCUT2D eigenvalue weighted by atomic mass is 10.0. The first-order valence-electron chi connectivity index (χ1n) is 10.7. The van der Waals surface area contributed by atoms with Crippen LogP contribution in [0.15, 0.2) is 66.7 Å². The average Bonchev–Trinajstić information content (AvgIpc) is 3.23. The molecule has 0 unspecified atom stereocenters. The molecule has 5 rings (SSSR count). The van der Waals surface area contributed by atoms with Gasteiger partial charge in [0.25, 0.3) is 5.91 Å². The van der Waals surface area contributed by atoms with Crippen molar-refractivity contribution in [3.8, 4) is 11.1 Å². The lowest BCUT2D eigenvalue weighted by Crippen LogP contribution is -2.47. The third kappa shape index (κ3) is 3.86. The molecule has 1 saturated heterocycles. The Bertz CT molecular complexity index is 1180. The van der Waals surface area contributed by atoms with Gasteiger partial charge in [0.05, 0.1) is 17.6 Å². The summed E-state index contributed by atoms with van der Waals surface area (Å²) in [5.74, 6) is 0.525. The van der Waals surface area contributed by atoms with Crippen molar-refractivity contribution in [3.05, 3.63) is 78.0 Å². The van der Waals surface area contributed by atoms with E-state index in [1.165, 1.54) is 0 Å². The highest BCUT2D eigenvalue weighted by Crippen LogP contribution is 2.28. The summed E-state index contributed by atoms with van der Waals surface area (Å²) in [4.78, 5) is 21.5. The number of carbonyl (C=O) groups excluding carboxylic acids is 1. The molecule has 0 saturated carbocycles. The van der Waals surface area contributed by atoms with Crippen molar-refractivity contribution in [3.63, 3.8) is 0 Å². The summed E-state index contributed by atoms with van der Waals surface area (Å²) in [7, 11) is 2.09. The second-order valence-corrected chi connectivity index (χ2v) is 8.31. The molecule has 0 spiro atoms. The Morgan fingerprint density at radius 2 is 1.68 bits per heavy atom. The van der Waals surface area contributed by atoms with Gasteiger partial charge in [-0.05, 0) is 60.5 Å². The van der Waals surface area contributed by atoms with Crippen LogP contribution in [-0.4, -0.2) is 63.4 Å². The number of hydrogen-bond acceptors (Lipinski definition) is 4. The van der Waals surface area contributed by atoms with E-state index < -0.39 is 0 Å². The normalized spacial score (nSPS) is 17.5. The van der Waals surface area contributed by atoms with Gasteiger partial charge in [0, 0.05) is 44.4 Å². The van der Waals surface area contributed by atoms with Crippen LogP contribution in [0.2, 0.25) is 0 Å². The van der Waals surface area contributed by atoms with Crippen molar-refractivity contribution < 1.29 is 9.90 Å². The summed E-state index contributed by atoms with van der Waals surface area (Å²) in [6.07, 6.45) is 9.16. The zero-order valence-electron chi connectivity index (χ0n) is 17.7. The van der Waals surface area contributed by atoms with Gasteiger partial charge in [-0.15, -0.1) is 0 Å². The Hall–Kier alpha value is -3.38. The van der Waals surface area contributed by atoms with E-state index in [0.717, 1.165) is 66.2 Å². The Morgan fingerprint density at radius 1 is 0.935 bits per heavy atom. The highest BCUT2D eigenvalue weighted by molar-refractivity contribution is 5.94. The van der Waals surface area contributed by atoms with E-state index in [4.69, 9.17) is 0 Å². The van der Waals surface area contributed by atoms with Crippen molar-refractivity contribution in [1.82, 2.24) is 19.2 Å². The molecule has 2 aliphatic rings. The van der Waals surface area contributed by atoms with Gasteiger partial charge >= 0.3 is 0 Å². The summed E-state index contributed by atoms with van der Waals surface area (Å²) in [5.41, 5.74) is 5.96. The molecule has 2 aromatic heterocycles. The maximum atomic E-state index is 12.8. The van der Waals surface area contributed by atoms with Crippen molar-refractivity contribution in [2.75, 3.05) is 33.2 Å². The number of allylic oxidation sites excluding steroid dienone is 4. The van der Waals surface area contributed by atoms with Crippen LogP contribution in [0.4, 0.5) is 0 Å². The molecule has 1 aliphatic heterocycles. The highest BCUT2D eigenvalue weighted by Gasteiger charge is 2.20. The molecule has 0 radical (unpaired) electrons. The number of aliphatic hydroxyl groups excluding tert-OH is 1. The summed E-state index contributed by atoms with van der Waals surface area (Å²) in [6, 6.07) is 11.9. The Kier molecular flexibility index (Phi) is 5.08. The van der Waals surface area contributed by atoms with Gasteiger partial charge < -0.3 is 14.9 Å². The largest absolute Gasteiger partial charge is 0.512 e. The van der Waals surface area contributed by atoms with Gasteiger partial charge in [0.15, 0.2) is 0 Å². The lowest BCUT2D eigenvalue weighted by Gasteiger charge is -2.32. The fourth-order valence-electron chi connectivity index (χ4n) is 4.23. The van der Waals surface area contributed by atoms with Gasteiger partial charge in [-0.1, -0.05) is 18.2 Å². The predicted octanol–water partition coefficient (Wildman–Crippen LogP) is 4.01. The second-order valence-electron chi connectivity index (χ2n) is 8.31. The first-order chi connectivity index (χ1) is 15.1. The summed E-state index contributed by atoms with van der Waals surface area (Å²) in [5, 5.41) is 9.65. The van der Waals surface area contributed by atoms with E-state index in [-0.39, 0.29) is 5.91 Å². The highest BCUT2D eigenvalue weighted by atomic mass is 16.3. The Morgan fingerprint density at radius 3 is 2.39 bits per heavy atom. The van der Waals surface area contributed by atoms with E-state index in [9.17, 15) is 9.90 Å². The third-order valence-electron chi connectivity index (χ3n) is 6.22. The number of fused-ring (bicyclic) bond motifs is 1. The molecule has 1 aliphatic carbocycles. The summed E-state index contributed by atoms with van der Waals surface area (Å²) in [6.45, 7) is 3.39. The maximum absolute atomic E-state index is 12.8. The van der Waals surface area contributed by atoms with Crippen LogP contribution in [0.5, 0.6) is 0 Å². The summed E-state index contributed by atoms with van der Waals surface area (Å²) < 4.78 is 2.10. The number of pyridine rings is 1. The minimum Gasteiger partial charge on any atom is -0.512 e. The SMILES string of the molecule is CN1CCN(C(=O)c2ccc(-c3ccc4ncc(C5=CC=C(O)CC5)n4c3)cc2)CC1. The zero-order valence-corrected chi connectivity index (χ0v) is 17.7. The molecule has 1 fully saturated rings. The number of likely N-dealkylation sites (N-methyl/N-ethyl adjacent to an activating group) is 1. The first kappa shape index (κ1) is 19.6. The number of rotatable bonds is 3. The predicted molar refractivity (Wildman–Crippen MR) is 122 cm³/mol. The molecular formula is C25H26N4O2. The van der Waals surface area contributed by atoms with Gasteiger partial charge in [-0.25, -0.2) is 4.98 Å². The summed E-state index contributed by atoms with van der Waals surface area (Å²) >= 11 is 0. The van der Waals surface area contributed by atoms with Gasteiger partial charge in [0.1, 0.15) is 5.65 Å². The minimum absolute atomic E-state index is 0.104. The number of hydrogen-bond donors (Lipinski definition) is 1. The van der Waals surface area contributed by atoms with Crippen LogP contribution in [-0.2, 0) is 0 Å². The number of amides is 1. The number of carbonyl (C=O) groups is 1. The number of nitrogens with zero attached hydrogens (tertiary/aromatic N) is 4. The van der Waals surface area contributed by atoms with Crippen LogP contribution < -0.4 is 0 Å². The molecule has 0 bridgehead atoms. The molecule has 31 heavy (non-hydrogen) atoms. The number of benzene rings is 1. The van der Waals surface area contributed by atoms with E-state index in [2.05, 4.69) is 33.6 Å². The molecule has 158 valence electrons. The lowest BCUT2D eigenvalue weighted by molar-refractivity contribution is 0.0664. The van der Waals surface area contributed by atoms with Crippen molar-refractivity contribution in [2.45, 2.75) is 12.8 Å². The van der Waals surface area contributed by atoms with E-state index in [1.54, 1.807) is 6.08 Å². The Labute approximate surface area is 181 Å². The second kappa shape index (κ2) is 8.04. The molecule has 0 atom stereocenters. The minimum atomic E-state index is 0.104. The quantitative estimate of drug-likeness (QED) is 0.704. The molecule has 1 N–H and O–H groups in total. The number of imidazole rings is 1. The fraction of sp³-hybridized carbons (Fsp3) is 0.280. The van der Waals surface area contributed by atoms with Gasteiger partial charge in [-0.3, -0.25) is 9.20 Å². The van der Waals surface area contributed by atoms with E-state index >= 15 is 0 Å². The van der Waals surface area contributed by atoms with Crippen LogP contribution in [0, 0.1) is 0 Å². The fourth-order valence-corrected chi connectivity index (χ4v) is 4.23. The number of piperazine rings is 1. The standard InChI is InChI=1S/C25H26N4O2/c1-27-12-14-28(15-13-27)25(31)20-4-2-18(3-5-20)21-8-11-24-26-16-23(29(24)17-21)19-6-9-22(30)10-7-19/h2-6,8-9,11,16-17,30H,7,10,12-15H2,1H3. The smallest absolute Gasteiger partial charge is 0.253 e. The number of aromatic nitrogens is 2.